The van der Waals surface area contributed by atoms with Gasteiger partial charge in [-0.2, -0.15) is 0 Å². The minimum absolute atomic E-state index is 0.186. The van der Waals surface area contributed by atoms with Crippen molar-refractivity contribution < 1.29 is 19.4 Å². The summed E-state index contributed by atoms with van der Waals surface area (Å²) in [5, 5.41) is 18.4. The highest BCUT2D eigenvalue weighted by molar-refractivity contribution is 6.09. The van der Waals surface area contributed by atoms with Gasteiger partial charge in [-0.05, 0) is 30.3 Å². The molecule has 0 aliphatic rings. The molecule has 17 heavy (non-hydrogen) atoms. The van der Waals surface area contributed by atoms with Crippen molar-refractivity contribution in [2.45, 2.75) is 0 Å². The van der Waals surface area contributed by atoms with E-state index in [-0.39, 0.29) is 22.6 Å². The van der Waals surface area contributed by atoms with Crippen LogP contribution >= 0.6 is 0 Å². The van der Waals surface area contributed by atoms with Crippen molar-refractivity contribution in [3.63, 3.8) is 0 Å². The molecule has 0 aliphatic heterocycles. The number of phenolic OH excluding ortho intramolecular Hbond substituents is 2. The van der Waals surface area contributed by atoms with E-state index in [1.807, 2.05) is 0 Å². The van der Waals surface area contributed by atoms with Gasteiger partial charge in [0.2, 0.25) is 0 Å². The van der Waals surface area contributed by atoms with Gasteiger partial charge in [-0.15, -0.1) is 0 Å². The van der Waals surface area contributed by atoms with Gasteiger partial charge in [0.15, 0.2) is 17.3 Å². The van der Waals surface area contributed by atoms with Crippen LogP contribution in [-0.2, 0) is 0 Å². The second-order valence-corrected chi connectivity index (χ2v) is 3.54. The van der Waals surface area contributed by atoms with Gasteiger partial charge in [0, 0.05) is 11.1 Å². The molecular weight excluding hydrogens is 223 g/mol. The SMILES string of the molecule is O=C(c1cccc(F)c1)c1ccc(O)c(O)c1. The van der Waals surface area contributed by atoms with E-state index in [9.17, 15) is 14.3 Å². The van der Waals surface area contributed by atoms with Crippen molar-refractivity contribution in [1.82, 2.24) is 0 Å². The zero-order valence-electron chi connectivity index (χ0n) is 8.72. The summed E-state index contributed by atoms with van der Waals surface area (Å²) in [4.78, 5) is 11.9. The second kappa shape index (κ2) is 4.25. The van der Waals surface area contributed by atoms with Crippen molar-refractivity contribution in [3.05, 3.63) is 59.4 Å². The molecule has 0 radical (unpaired) electrons. The molecule has 2 N–H and O–H groups in total. The number of halogens is 1. The number of carbonyl (C=O) groups is 1. The van der Waals surface area contributed by atoms with Gasteiger partial charge in [0.05, 0.1) is 0 Å². The van der Waals surface area contributed by atoms with Gasteiger partial charge >= 0.3 is 0 Å². The highest BCUT2D eigenvalue weighted by Gasteiger charge is 2.11. The smallest absolute Gasteiger partial charge is 0.193 e. The maximum absolute atomic E-state index is 12.9. The monoisotopic (exact) mass is 232 g/mol. The average Bonchev–Trinajstić information content (AvgIpc) is 2.32. The molecule has 0 fully saturated rings. The molecule has 0 aliphatic carbocycles. The lowest BCUT2D eigenvalue weighted by Crippen LogP contribution is -2.01. The third kappa shape index (κ3) is 2.25. The van der Waals surface area contributed by atoms with Crippen molar-refractivity contribution in [1.29, 1.82) is 0 Å². The first-order valence-corrected chi connectivity index (χ1v) is 4.90. The van der Waals surface area contributed by atoms with E-state index in [0.29, 0.717) is 0 Å². The molecule has 0 bridgehead atoms. The van der Waals surface area contributed by atoms with E-state index >= 15 is 0 Å². The number of aromatic hydroxyl groups is 2. The molecule has 4 heteroatoms. The molecule has 2 aromatic rings. The van der Waals surface area contributed by atoms with Crippen LogP contribution in [-0.4, -0.2) is 16.0 Å². The van der Waals surface area contributed by atoms with Crippen LogP contribution < -0.4 is 0 Å². The van der Waals surface area contributed by atoms with E-state index in [1.54, 1.807) is 0 Å². The normalized spacial score (nSPS) is 10.2. The van der Waals surface area contributed by atoms with Gasteiger partial charge in [-0.25, -0.2) is 4.39 Å². The molecule has 2 rings (SSSR count). The van der Waals surface area contributed by atoms with Crippen molar-refractivity contribution in [3.8, 4) is 11.5 Å². The summed E-state index contributed by atoms with van der Waals surface area (Å²) < 4.78 is 12.9. The maximum Gasteiger partial charge on any atom is 0.193 e. The van der Waals surface area contributed by atoms with Gasteiger partial charge < -0.3 is 10.2 Å². The van der Waals surface area contributed by atoms with Crippen LogP contribution in [0.5, 0.6) is 11.5 Å². The number of ketones is 1. The number of hydrogen-bond donors (Lipinski definition) is 2. The third-order valence-corrected chi connectivity index (χ3v) is 2.32. The van der Waals surface area contributed by atoms with Crippen LogP contribution in [0.1, 0.15) is 15.9 Å². The first-order chi connectivity index (χ1) is 8.08. The molecule has 86 valence electrons. The fraction of sp³-hybridized carbons (Fsp3) is 0. The van der Waals surface area contributed by atoms with Crippen molar-refractivity contribution in [2.75, 3.05) is 0 Å². The number of rotatable bonds is 2. The molecule has 0 unspecified atom stereocenters. The van der Waals surface area contributed by atoms with E-state index in [1.165, 1.54) is 30.3 Å². The number of carbonyl (C=O) groups excluding carboxylic acids is 1. The Labute approximate surface area is 96.8 Å². The topological polar surface area (TPSA) is 57.5 Å². The van der Waals surface area contributed by atoms with Gasteiger partial charge in [0.25, 0.3) is 0 Å². The molecule has 0 heterocycles. The Morgan fingerprint density at radius 2 is 1.65 bits per heavy atom. The first kappa shape index (κ1) is 11.1. The zero-order chi connectivity index (χ0) is 12.4. The highest BCUT2D eigenvalue weighted by atomic mass is 19.1. The van der Waals surface area contributed by atoms with Gasteiger partial charge in [-0.1, -0.05) is 12.1 Å². The predicted octanol–water partition coefficient (Wildman–Crippen LogP) is 2.47. The summed E-state index contributed by atoms with van der Waals surface area (Å²) in [5.74, 6) is -1.60. The lowest BCUT2D eigenvalue weighted by atomic mass is 10.0. The van der Waals surface area contributed by atoms with E-state index in [0.717, 1.165) is 12.1 Å². The first-order valence-electron chi connectivity index (χ1n) is 4.90. The summed E-state index contributed by atoms with van der Waals surface area (Å²) >= 11 is 0. The Morgan fingerprint density at radius 1 is 0.941 bits per heavy atom. The van der Waals surface area contributed by atoms with Crippen LogP contribution in [0.25, 0.3) is 0 Å². The van der Waals surface area contributed by atoms with Crippen LogP contribution in [0.15, 0.2) is 42.5 Å². The van der Waals surface area contributed by atoms with Crippen molar-refractivity contribution >= 4 is 5.78 Å². The van der Waals surface area contributed by atoms with Crippen molar-refractivity contribution in [2.24, 2.45) is 0 Å². The van der Waals surface area contributed by atoms with Gasteiger partial charge in [-0.3, -0.25) is 4.79 Å². The summed E-state index contributed by atoms with van der Waals surface area (Å²) in [6.45, 7) is 0. The van der Waals surface area contributed by atoms with Crippen LogP contribution in [0, 0.1) is 5.82 Å². The van der Waals surface area contributed by atoms with Crippen LogP contribution in [0.4, 0.5) is 4.39 Å². The van der Waals surface area contributed by atoms with Gasteiger partial charge in [0.1, 0.15) is 5.82 Å². The third-order valence-electron chi connectivity index (χ3n) is 2.32. The molecule has 0 saturated carbocycles. The van der Waals surface area contributed by atoms with E-state index in [2.05, 4.69) is 0 Å². The Hall–Kier alpha value is -2.36. The quantitative estimate of drug-likeness (QED) is 0.617. The van der Waals surface area contributed by atoms with E-state index < -0.39 is 11.6 Å². The molecule has 3 nitrogen and oxygen atoms in total. The van der Waals surface area contributed by atoms with E-state index in [4.69, 9.17) is 5.11 Å². The fourth-order valence-electron chi connectivity index (χ4n) is 1.46. The molecule has 2 aromatic carbocycles. The number of phenols is 2. The standard InChI is InChI=1S/C13H9FO3/c14-10-3-1-2-8(6-10)13(17)9-4-5-11(15)12(16)7-9/h1-7,15-16H. The highest BCUT2D eigenvalue weighted by Crippen LogP contribution is 2.26. The second-order valence-electron chi connectivity index (χ2n) is 3.54. The average molecular weight is 232 g/mol. The Bertz CT molecular complexity index is 579. The molecule has 0 spiro atoms. The summed E-state index contributed by atoms with van der Waals surface area (Å²) in [7, 11) is 0. The summed E-state index contributed by atoms with van der Waals surface area (Å²) in [5.41, 5.74) is 0.376. The Morgan fingerprint density at radius 3 is 2.29 bits per heavy atom. The zero-order valence-corrected chi connectivity index (χ0v) is 8.72. The molecule has 0 aromatic heterocycles. The largest absolute Gasteiger partial charge is 0.504 e. The number of hydrogen-bond acceptors (Lipinski definition) is 3. The molecular formula is C13H9FO3. The summed E-state index contributed by atoms with van der Waals surface area (Å²) in [6.07, 6.45) is 0. The lowest BCUT2D eigenvalue weighted by molar-refractivity contribution is 0.103. The fourth-order valence-corrected chi connectivity index (χ4v) is 1.46. The minimum Gasteiger partial charge on any atom is -0.504 e. The minimum atomic E-state index is -0.501. The van der Waals surface area contributed by atoms with Crippen LogP contribution in [0.3, 0.4) is 0 Å². The number of benzene rings is 2. The molecule has 0 atom stereocenters. The van der Waals surface area contributed by atoms with Crippen LogP contribution in [0.2, 0.25) is 0 Å². The molecule has 0 amide bonds. The maximum atomic E-state index is 12.9. The Kier molecular flexibility index (Phi) is 2.78. The molecule has 0 saturated heterocycles. The predicted molar refractivity (Wildman–Crippen MR) is 59.6 cm³/mol. The Balaban J connectivity index is 2.40. The lowest BCUT2D eigenvalue weighted by Gasteiger charge is -2.03. The summed E-state index contributed by atoms with van der Waals surface area (Å²) in [6, 6.07) is 8.99.